The van der Waals surface area contributed by atoms with Crippen LogP contribution in [0.4, 0.5) is 0 Å². The molecule has 196 valence electrons. The summed E-state index contributed by atoms with van der Waals surface area (Å²) in [5.74, 6) is 1.52. The van der Waals surface area contributed by atoms with Crippen LogP contribution < -0.4 is 4.74 Å². The SMILES string of the molecule is COc1ccc2c(c1)CCC(c1ccccc1C)C2c1ccc(CCc2cc(C)ccc2S(=O)(=O)O)cc1. The lowest BCUT2D eigenvalue weighted by molar-refractivity contribution is 0.412. The molecule has 2 atom stereocenters. The van der Waals surface area contributed by atoms with Crippen LogP contribution in [0.15, 0.2) is 89.8 Å². The zero-order chi connectivity index (χ0) is 26.9. The lowest BCUT2D eigenvalue weighted by Gasteiger charge is -2.35. The van der Waals surface area contributed by atoms with Crippen LogP contribution >= 0.6 is 0 Å². The third-order valence-corrected chi connectivity index (χ3v) is 8.87. The fourth-order valence-corrected chi connectivity index (χ4v) is 6.73. The molecule has 1 N–H and O–H groups in total. The van der Waals surface area contributed by atoms with E-state index in [1.807, 2.05) is 13.0 Å². The van der Waals surface area contributed by atoms with Gasteiger partial charge in [0.2, 0.25) is 0 Å². The molecule has 0 aliphatic heterocycles. The molecule has 5 rings (SSSR count). The van der Waals surface area contributed by atoms with Gasteiger partial charge in [0.1, 0.15) is 5.75 Å². The molecular formula is C33H34O4S. The number of aryl methyl sites for hydroxylation is 5. The van der Waals surface area contributed by atoms with Crippen molar-refractivity contribution in [2.24, 2.45) is 0 Å². The molecule has 38 heavy (non-hydrogen) atoms. The summed E-state index contributed by atoms with van der Waals surface area (Å²) >= 11 is 0. The maximum atomic E-state index is 11.9. The van der Waals surface area contributed by atoms with Crippen molar-refractivity contribution >= 4 is 10.1 Å². The standard InChI is InChI=1S/C33H34O4S/c1-22-8-19-32(38(34,35)36)27(20-22)14-11-24-9-12-25(13-10-24)33-30-18-16-28(37-3)21-26(30)15-17-31(33)29-7-5-4-6-23(29)2/h4-10,12-13,16,18-21,31,33H,11,14-15,17H2,1-3H3,(H,34,35,36). The highest BCUT2D eigenvalue weighted by atomic mass is 32.2. The predicted molar refractivity (Wildman–Crippen MR) is 152 cm³/mol. The molecule has 4 aromatic rings. The van der Waals surface area contributed by atoms with E-state index in [-0.39, 0.29) is 10.8 Å². The first kappa shape index (κ1) is 26.2. The second-order valence-corrected chi connectivity index (χ2v) is 11.8. The van der Waals surface area contributed by atoms with E-state index in [4.69, 9.17) is 4.74 Å². The van der Waals surface area contributed by atoms with Gasteiger partial charge in [-0.05, 0) is 103 Å². The third kappa shape index (κ3) is 5.40. The summed E-state index contributed by atoms with van der Waals surface area (Å²) in [7, 11) is -2.54. The maximum Gasteiger partial charge on any atom is 0.294 e. The molecule has 0 saturated carbocycles. The number of rotatable bonds is 7. The average molecular weight is 527 g/mol. The summed E-state index contributed by atoms with van der Waals surface area (Å²) in [6.45, 7) is 4.12. The maximum absolute atomic E-state index is 11.9. The van der Waals surface area contributed by atoms with Crippen LogP contribution in [0.25, 0.3) is 0 Å². The quantitative estimate of drug-likeness (QED) is 0.259. The highest BCUT2D eigenvalue weighted by molar-refractivity contribution is 7.85. The molecule has 0 aromatic heterocycles. The summed E-state index contributed by atoms with van der Waals surface area (Å²) in [6.07, 6.45) is 3.32. The molecular weight excluding hydrogens is 492 g/mol. The van der Waals surface area contributed by atoms with E-state index in [0.29, 0.717) is 24.3 Å². The Hall–Kier alpha value is -3.41. The highest BCUT2D eigenvalue weighted by Gasteiger charge is 2.33. The third-order valence-electron chi connectivity index (χ3n) is 7.92. The van der Waals surface area contributed by atoms with Gasteiger partial charge >= 0.3 is 0 Å². The minimum Gasteiger partial charge on any atom is -0.497 e. The summed E-state index contributed by atoms with van der Waals surface area (Å²) in [5, 5.41) is 0. The second kappa shape index (κ2) is 10.8. The summed E-state index contributed by atoms with van der Waals surface area (Å²) in [6, 6.07) is 29.0. The van der Waals surface area contributed by atoms with Crippen LogP contribution in [0.2, 0.25) is 0 Å². The van der Waals surface area contributed by atoms with Gasteiger partial charge in [0.25, 0.3) is 10.1 Å². The van der Waals surface area contributed by atoms with Crippen molar-refractivity contribution in [2.75, 3.05) is 7.11 Å². The molecule has 5 heteroatoms. The molecule has 1 aliphatic rings. The zero-order valence-corrected chi connectivity index (χ0v) is 23.0. The highest BCUT2D eigenvalue weighted by Crippen LogP contribution is 2.47. The van der Waals surface area contributed by atoms with Gasteiger partial charge in [0.15, 0.2) is 0 Å². The van der Waals surface area contributed by atoms with Gasteiger partial charge < -0.3 is 4.74 Å². The minimum absolute atomic E-state index is 0.00460. The van der Waals surface area contributed by atoms with E-state index < -0.39 is 10.1 Å². The normalized spacial score (nSPS) is 17.2. The number of benzene rings is 4. The van der Waals surface area contributed by atoms with Crippen molar-refractivity contribution in [1.82, 2.24) is 0 Å². The molecule has 1 aliphatic carbocycles. The van der Waals surface area contributed by atoms with Crippen LogP contribution in [-0.4, -0.2) is 20.1 Å². The van der Waals surface area contributed by atoms with Crippen molar-refractivity contribution in [1.29, 1.82) is 0 Å². The van der Waals surface area contributed by atoms with Crippen LogP contribution in [0, 0.1) is 13.8 Å². The van der Waals surface area contributed by atoms with Gasteiger partial charge in [-0.3, -0.25) is 4.55 Å². The van der Waals surface area contributed by atoms with Gasteiger partial charge in [0, 0.05) is 5.92 Å². The Morgan fingerprint density at radius 2 is 1.63 bits per heavy atom. The Balaban J connectivity index is 1.46. The van der Waals surface area contributed by atoms with Crippen LogP contribution in [0.3, 0.4) is 0 Å². The van der Waals surface area contributed by atoms with Crippen LogP contribution in [0.5, 0.6) is 5.75 Å². The lowest BCUT2D eigenvalue weighted by Crippen LogP contribution is -2.21. The molecule has 0 fully saturated rings. The number of hydrogen-bond acceptors (Lipinski definition) is 3. The van der Waals surface area contributed by atoms with Crippen molar-refractivity contribution in [3.63, 3.8) is 0 Å². The van der Waals surface area contributed by atoms with E-state index in [0.717, 1.165) is 29.7 Å². The fraction of sp³-hybridized carbons (Fsp3) is 0.273. The number of ether oxygens (including phenoxy) is 1. The molecule has 0 spiro atoms. The predicted octanol–water partition coefficient (Wildman–Crippen LogP) is 7.21. The molecule has 0 radical (unpaired) electrons. The molecule has 2 unspecified atom stereocenters. The molecule has 0 saturated heterocycles. The van der Waals surface area contributed by atoms with E-state index in [1.54, 1.807) is 13.2 Å². The zero-order valence-electron chi connectivity index (χ0n) is 22.1. The van der Waals surface area contributed by atoms with E-state index in [9.17, 15) is 13.0 Å². The molecule has 4 nitrogen and oxygen atoms in total. The Morgan fingerprint density at radius 3 is 2.34 bits per heavy atom. The van der Waals surface area contributed by atoms with Gasteiger partial charge in [-0.25, -0.2) is 0 Å². The summed E-state index contributed by atoms with van der Waals surface area (Å²) in [4.78, 5) is -0.00460. The van der Waals surface area contributed by atoms with Gasteiger partial charge in [-0.15, -0.1) is 0 Å². The topological polar surface area (TPSA) is 63.6 Å². The lowest BCUT2D eigenvalue weighted by atomic mass is 9.68. The van der Waals surface area contributed by atoms with Crippen molar-refractivity contribution in [2.45, 2.75) is 56.3 Å². The summed E-state index contributed by atoms with van der Waals surface area (Å²) in [5.41, 5.74) is 9.46. The molecule has 0 amide bonds. The number of fused-ring (bicyclic) bond motifs is 1. The first-order valence-corrected chi connectivity index (χ1v) is 14.6. The Labute approximate surface area is 226 Å². The fourth-order valence-electron chi connectivity index (χ4n) is 6.00. The Morgan fingerprint density at radius 1 is 0.868 bits per heavy atom. The number of methoxy groups -OCH3 is 1. The largest absolute Gasteiger partial charge is 0.497 e. The van der Waals surface area contributed by atoms with E-state index >= 15 is 0 Å². The monoisotopic (exact) mass is 526 g/mol. The Bertz CT molecular complexity index is 1550. The smallest absolute Gasteiger partial charge is 0.294 e. The molecule has 0 heterocycles. The van der Waals surface area contributed by atoms with Gasteiger partial charge in [-0.1, -0.05) is 72.3 Å². The molecule has 0 bridgehead atoms. The van der Waals surface area contributed by atoms with Gasteiger partial charge in [0.05, 0.1) is 12.0 Å². The summed E-state index contributed by atoms with van der Waals surface area (Å²) < 4.78 is 38.9. The molecule has 4 aromatic carbocycles. The first-order valence-electron chi connectivity index (χ1n) is 13.1. The van der Waals surface area contributed by atoms with Crippen molar-refractivity contribution in [3.05, 3.63) is 129 Å². The van der Waals surface area contributed by atoms with Crippen molar-refractivity contribution < 1.29 is 17.7 Å². The average Bonchev–Trinajstić information content (AvgIpc) is 2.91. The van der Waals surface area contributed by atoms with Crippen molar-refractivity contribution in [3.8, 4) is 5.75 Å². The number of hydrogen-bond donors (Lipinski definition) is 1. The second-order valence-electron chi connectivity index (χ2n) is 10.4. The van der Waals surface area contributed by atoms with Gasteiger partial charge in [-0.2, -0.15) is 8.42 Å². The Kier molecular flexibility index (Phi) is 7.42. The van der Waals surface area contributed by atoms with Crippen LogP contribution in [0.1, 0.15) is 62.8 Å². The van der Waals surface area contributed by atoms with Crippen LogP contribution in [-0.2, 0) is 29.4 Å². The minimum atomic E-state index is -4.25. The first-order chi connectivity index (χ1) is 18.2. The van der Waals surface area contributed by atoms with E-state index in [2.05, 4.69) is 73.7 Å². The van der Waals surface area contributed by atoms with E-state index in [1.165, 1.54) is 33.9 Å².